The molecule has 2 aromatic rings. The Morgan fingerprint density at radius 2 is 1.88 bits per heavy atom. The van der Waals surface area contributed by atoms with Gasteiger partial charge in [-0.15, -0.1) is 0 Å². The number of benzene rings is 2. The smallest absolute Gasteiger partial charge is 0.412 e. The molecule has 0 fully saturated rings. The lowest BCUT2D eigenvalue weighted by Gasteiger charge is -2.20. The molecule has 0 saturated carbocycles. The minimum absolute atomic E-state index is 0.0593. The molecule has 0 heterocycles. The van der Waals surface area contributed by atoms with Crippen molar-refractivity contribution in [2.24, 2.45) is 0 Å². The third-order valence-electron chi connectivity index (χ3n) is 3.15. The summed E-state index contributed by atoms with van der Waals surface area (Å²) in [6.45, 7) is 5.37. The molecule has 0 atom stereocenters. The van der Waals surface area contributed by atoms with E-state index in [0.29, 0.717) is 11.3 Å². The predicted molar refractivity (Wildman–Crippen MR) is 93.4 cm³/mol. The molecule has 1 amide bonds. The highest BCUT2D eigenvalue weighted by molar-refractivity contribution is 5.85. The van der Waals surface area contributed by atoms with Gasteiger partial charge in [-0.1, -0.05) is 0 Å². The fourth-order valence-electron chi connectivity index (χ4n) is 2.05. The lowest BCUT2D eigenvalue weighted by atomic mass is 10.2. The van der Waals surface area contributed by atoms with Crippen LogP contribution in [0.3, 0.4) is 0 Å². The topological polar surface area (TPSA) is 90.8 Å². The molecule has 6 nitrogen and oxygen atoms in total. The van der Waals surface area contributed by atoms with Crippen LogP contribution in [-0.2, 0) is 11.3 Å². The molecule has 0 aliphatic heterocycles. The zero-order chi connectivity index (χ0) is 18.6. The van der Waals surface area contributed by atoms with Crippen molar-refractivity contribution in [2.45, 2.75) is 32.9 Å². The number of hydrogen-bond acceptors (Lipinski definition) is 5. The second kappa shape index (κ2) is 7.29. The van der Waals surface area contributed by atoms with E-state index in [1.165, 1.54) is 36.4 Å². The molecule has 0 aliphatic rings. The molecule has 2 rings (SSSR count). The van der Waals surface area contributed by atoms with Gasteiger partial charge in [0.25, 0.3) is 0 Å². The summed E-state index contributed by atoms with van der Waals surface area (Å²) in [5, 5.41) is 24.4. The summed E-state index contributed by atoms with van der Waals surface area (Å²) in [6, 6.07) is 8.21. The van der Waals surface area contributed by atoms with Crippen molar-refractivity contribution in [3.8, 4) is 11.5 Å². The number of hydrogen-bond donors (Lipinski definition) is 4. The summed E-state index contributed by atoms with van der Waals surface area (Å²) < 4.78 is 19.1. The number of rotatable bonds is 4. The molecular weight excluding hydrogens is 327 g/mol. The van der Waals surface area contributed by atoms with Crippen LogP contribution in [-0.4, -0.2) is 21.9 Å². The molecule has 0 unspecified atom stereocenters. The Kier molecular flexibility index (Phi) is 5.36. The fraction of sp³-hybridized carbons (Fsp3) is 0.278. The largest absolute Gasteiger partial charge is 0.508 e. The molecule has 0 saturated heterocycles. The van der Waals surface area contributed by atoms with Gasteiger partial charge in [-0.2, -0.15) is 0 Å². The van der Waals surface area contributed by atoms with Crippen molar-refractivity contribution >= 4 is 17.5 Å². The van der Waals surface area contributed by atoms with Crippen LogP contribution in [0, 0.1) is 5.82 Å². The number of aromatic hydroxyl groups is 2. The monoisotopic (exact) mass is 348 g/mol. The zero-order valence-corrected chi connectivity index (χ0v) is 14.3. The van der Waals surface area contributed by atoms with E-state index in [-0.39, 0.29) is 23.7 Å². The molecule has 7 heteroatoms. The minimum Gasteiger partial charge on any atom is -0.508 e. The van der Waals surface area contributed by atoms with Crippen LogP contribution >= 0.6 is 0 Å². The van der Waals surface area contributed by atoms with Gasteiger partial charge >= 0.3 is 6.09 Å². The van der Waals surface area contributed by atoms with E-state index < -0.39 is 17.5 Å². The number of phenols is 2. The molecule has 25 heavy (non-hydrogen) atoms. The van der Waals surface area contributed by atoms with Crippen LogP contribution in [0.4, 0.5) is 20.6 Å². The summed E-state index contributed by atoms with van der Waals surface area (Å²) in [6.07, 6.45) is -0.638. The normalized spacial score (nSPS) is 11.0. The molecule has 134 valence electrons. The number of anilines is 2. The van der Waals surface area contributed by atoms with E-state index in [1.54, 1.807) is 20.8 Å². The van der Waals surface area contributed by atoms with Gasteiger partial charge in [0.1, 0.15) is 22.9 Å². The predicted octanol–water partition coefficient (Wildman–Crippen LogP) is 4.20. The van der Waals surface area contributed by atoms with Gasteiger partial charge in [-0.05, 0) is 51.1 Å². The Morgan fingerprint density at radius 3 is 2.52 bits per heavy atom. The first kappa shape index (κ1) is 18.4. The van der Waals surface area contributed by atoms with Gasteiger partial charge in [-0.3, -0.25) is 5.32 Å². The SMILES string of the molecule is CC(C)(C)OC(=O)Nc1ccc(F)c(NCc2ccc(O)cc2O)c1. The van der Waals surface area contributed by atoms with Crippen LogP contribution in [0.5, 0.6) is 11.5 Å². The van der Waals surface area contributed by atoms with Crippen LogP contribution in [0.2, 0.25) is 0 Å². The molecule has 0 bridgehead atoms. The van der Waals surface area contributed by atoms with Crippen LogP contribution in [0.15, 0.2) is 36.4 Å². The second-order valence-electron chi connectivity index (χ2n) is 6.49. The van der Waals surface area contributed by atoms with E-state index in [4.69, 9.17) is 4.74 Å². The number of amides is 1. The number of phenolic OH excluding ortho intramolecular Hbond substituents is 2. The number of carbonyl (C=O) groups excluding carboxylic acids is 1. The molecule has 2 aromatic carbocycles. The quantitative estimate of drug-likeness (QED) is 0.665. The van der Waals surface area contributed by atoms with Crippen molar-refractivity contribution in [2.75, 3.05) is 10.6 Å². The third-order valence-corrected chi connectivity index (χ3v) is 3.15. The Morgan fingerprint density at radius 1 is 1.16 bits per heavy atom. The molecule has 0 aromatic heterocycles. The number of nitrogens with one attached hydrogen (secondary N) is 2. The molecule has 0 radical (unpaired) electrons. The maximum atomic E-state index is 13.9. The van der Waals surface area contributed by atoms with Crippen molar-refractivity contribution in [3.05, 3.63) is 47.8 Å². The number of halogens is 1. The van der Waals surface area contributed by atoms with Gasteiger partial charge in [-0.25, -0.2) is 9.18 Å². The first-order chi connectivity index (χ1) is 11.6. The van der Waals surface area contributed by atoms with Crippen molar-refractivity contribution in [3.63, 3.8) is 0 Å². The van der Waals surface area contributed by atoms with Gasteiger partial charge < -0.3 is 20.3 Å². The molecule has 4 N–H and O–H groups in total. The van der Waals surface area contributed by atoms with Crippen molar-refractivity contribution in [1.82, 2.24) is 0 Å². The second-order valence-corrected chi connectivity index (χ2v) is 6.49. The van der Waals surface area contributed by atoms with E-state index in [0.717, 1.165) is 0 Å². The van der Waals surface area contributed by atoms with Crippen LogP contribution in [0.25, 0.3) is 0 Å². The number of carbonyl (C=O) groups is 1. The van der Waals surface area contributed by atoms with Gasteiger partial charge in [0.15, 0.2) is 0 Å². The van der Waals surface area contributed by atoms with E-state index in [9.17, 15) is 19.4 Å². The lowest BCUT2D eigenvalue weighted by molar-refractivity contribution is 0.0636. The molecular formula is C18H21FN2O4. The average Bonchev–Trinajstić information content (AvgIpc) is 2.47. The first-order valence-corrected chi connectivity index (χ1v) is 7.68. The fourth-order valence-corrected chi connectivity index (χ4v) is 2.05. The van der Waals surface area contributed by atoms with E-state index in [2.05, 4.69) is 10.6 Å². The van der Waals surface area contributed by atoms with Crippen LogP contribution in [0.1, 0.15) is 26.3 Å². The first-order valence-electron chi connectivity index (χ1n) is 7.68. The van der Waals surface area contributed by atoms with Crippen LogP contribution < -0.4 is 10.6 Å². The summed E-state index contributed by atoms with van der Waals surface area (Å²) >= 11 is 0. The van der Waals surface area contributed by atoms with Crippen molar-refractivity contribution < 1.29 is 24.1 Å². The van der Waals surface area contributed by atoms with Gasteiger partial charge in [0.2, 0.25) is 0 Å². The highest BCUT2D eigenvalue weighted by Gasteiger charge is 2.16. The highest BCUT2D eigenvalue weighted by atomic mass is 19.1. The summed E-state index contributed by atoms with van der Waals surface area (Å²) in [4.78, 5) is 11.8. The minimum atomic E-state index is -0.638. The standard InChI is InChI=1S/C18H21FN2O4/c1-18(2,3)25-17(24)21-12-5-7-14(19)15(8-12)20-10-11-4-6-13(22)9-16(11)23/h4-9,20,22-23H,10H2,1-3H3,(H,21,24). The zero-order valence-electron chi connectivity index (χ0n) is 14.3. The van der Waals surface area contributed by atoms with Gasteiger partial charge in [0, 0.05) is 23.9 Å². The molecule has 0 spiro atoms. The van der Waals surface area contributed by atoms with Crippen molar-refractivity contribution in [1.29, 1.82) is 0 Å². The number of ether oxygens (including phenoxy) is 1. The summed E-state index contributed by atoms with van der Waals surface area (Å²) in [5.74, 6) is -0.667. The Hall–Kier alpha value is -2.96. The maximum Gasteiger partial charge on any atom is 0.412 e. The van der Waals surface area contributed by atoms with E-state index >= 15 is 0 Å². The van der Waals surface area contributed by atoms with E-state index in [1.807, 2.05) is 0 Å². The third kappa shape index (κ3) is 5.56. The Bertz CT molecular complexity index is 772. The lowest BCUT2D eigenvalue weighted by Crippen LogP contribution is -2.27. The molecule has 0 aliphatic carbocycles. The Balaban J connectivity index is 2.07. The summed E-state index contributed by atoms with van der Waals surface area (Å²) in [7, 11) is 0. The average molecular weight is 348 g/mol. The highest BCUT2D eigenvalue weighted by Crippen LogP contribution is 2.25. The van der Waals surface area contributed by atoms with Gasteiger partial charge in [0.05, 0.1) is 5.69 Å². The Labute approximate surface area is 145 Å². The maximum absolute atomic E-state index is 13.9. The summed E-state index contributed by atoms with van der Waals surface area (Å²) in [5.41, 5.74) is 0.374.